The van der Waals surface area contributed by atoms with Gasteiger partial charge in [0.2, 0.25) is 0 Å². The van der Waals surface area contributed by atoms with Gasteiger partial charge in [-0.25, -0.2) is 4.79 Å². The molecular weight excluding hydrogens is 220 g/mol. The van der Waals surface area contributed by atoms with Gasteiger partial charge >= 0.3 is 5.97 Å². The molecule has 2 aromatic heterocycles. The molecule has 17 heavy (non-hydrogen) atoms. The predicted octanol–water partition coefficient (Wildman–Crippen LogP) is 0.801. The van der Waals surface area contributed by atoms with Crippen LogP contribution in [0.15, 0.2) is 30.6 Å². The fourth-order valence-electron chi connectivity index (χ4n) is 1.49. The first kappa shape index (κ1) is 11.1. The van der Waals surface area contributed by atoms with E-state index in [0.29, 0.717) is 13.0 Å². The summed E-state index contributed by atoms with van der Waals surface area (Å²) >= 11 is 0. The van der Waals surface area contributed by atoms with E-state index in [2.05, 4.69) is 10.1 Å². The molecule has 0 saturated carbocycles. The van der Waals surface area contributed by atoms with Crippen LogP contribution in [-0.2, 0) is 13.0 Å². The van der Waals surface area contributed by atoms with Crippen molar-refractivity contribution in [3.05, 3.63) is 42.0 Å². The van der Waals surface area contributed by atoms with Crippen LogP contribution in [0.1, 0.15) is 16.2 Å². The van der Waals surface area contributed by atoms with Crippen molar-refractivity contribution in [1.82, 2.24) is 14.8 Å². The summed E-state index contributed by atoms with van der Waals surface area (Å²) in [6.07, 6.45) is 3.92. The van der Waals surface area contributed by atoms with E-state index in [1.807, 2.05) is 18.2 Å². The monoisotopic (exact) mass is 232 g/mol. The number of aromatic carboxylic acids is 1. The number of pyridine rings is 1. The van der Waals surface area contributed by atoms with Crippen LogP contribution in [0.2, 0.25) is 0 Å². The number of nitrogen functional groups attached to an aromatic ring is 1. The van der Waals surface area contributed by atoms with Crippen LogP contribution >= 0.6 is 0 Å². The molecule has 0 aliphatic heterocycles. The Hall–Kier alpha value is -2.37. The molecule has 0 amide bonds. The minimum atomic E-state index is -1.11. The molecule has 3 N–H and O–H groups in total. The summed E-state index contributed by atoms with van der Waals surface area (Å²) in [4.78, 5) is 14.9. The molecule has 2 rings (SSSR count). The predicted molar refractivity (Wildman–Crippen MR) is 61.5 cm³/mol. The van der Waals surface area contributed by atoms with Gasteiger partial charge in [0, 0.05) is 31.1 Å². The third-order valence-electron chi connectivity index (χ3n) is 2.32. The van der Waals surface area contributed by atoms with Gasteiger partial charge in [0.25, 0.3) is 0 Å². The van der Waals surface area contributed by atoms with Gasteiger partial charge in [-0.3, -0.25) is 9.67 Å². The molecule has 6 heteroatoms. The van der Waals surface area contributed by atoms with Crippen molar-refractivity contribution >= 4 is 11.7 Å². The van der Waals surface area contributed by atoms with Crippen LogP contribution in [0.4, 0.5) is 5.69 Å². The second kappa shape index (κ2) is 4.65. The Balaban J connectivity index is 2.05. The van der Waals surface area contributed by atoms with E-state index in [1.54, 1.807) is 6.20 Å². The van der Waals surface area contributed by atoms with Crippen molar-refractivity contribution in [3.63, 3.8) is 0 Å². The first-order valence-electron chi connectivity index (χ1n) is 5.13. The van der Waals surface area contributed by atoms with Gasteiger partial charge in [0.1, 0.15) is 0 Å². The first-order valence-corrected chi connectivity index (χ1v) is 5.13. The largest absolute Gasteiger partial charge is 0.476 e. The van der Waals surface area contributed by atoms with Crippen LogP contribution in [0.25, 0.3) is 0 Å². The zero-order valence-electron chi connectivity index (χ0n) is 9.08. The summed E-state index contributed by atoms with van der Waals surface area (Å²) in [6.45, 7) is 0.550. The molecule has 0 aliphatic carbocycles. The van der Waals surface area contributed by atoms with Crippen LogP contribution in [0.5, 0.6) is 0 Å². The van der Waals surface area contributed by atoms with Crippen LogP contribution < -0.4 is 5.73 Å². The van der Waals surface area contributed by atoms with Gasteiger partial charge in [-0.15, -0.1) is 0 Å². The summed E-state index contributed by atoms with van der Waals surface area (Å²) in [5.74, 6) is -1.11. The second-order valence-corrected chi connectivity index (χ2v) is 3.57. The number of carbonyl (C=O) groups is 1. The summed E-state index contributed by atoms with van der Waals surface area (Å²) in [7, 11) is 0. The lowest BCUT2D eigenvalue weighted by Crippen LogP contribution is -2.05. The van der Waals surface area contributed by atoms with Gasteiger partial charge in [0.05, 0.1) is 5.69 Å². The fourth-order valence-corrected chi connectivity index (χ4v) is 1.49. The van der Waals surface area contributed by atoms with E-state index in [0.717, 1.165) is 5.69 Å². The highest BCUT2D eigenvalue weighted by molar-refractivity contribution is 5.91. The van der Waals surface area contributed by atoms with Crippen molar-refractivity contribution in [2.45, 2.75) is 13.0 Å². The van der Waals surface area contributed by atoms with E-state index >= 15 is 0 Å². The third-order valence-corrected chi connectivity index (χ3v) is 2.32. The number of hydrogen-bond acceptors (Lipinski definition) is 4. The molecule has 0 aliphatic rings. The number of anilines is 1. The smallest absolute Gasteiger partial charge is 0.358 e. The summed E-state index contributed by atoms with van der Waals surface area (Å²) < 4.78 is 1.52. The lowest BCUT2D eigenvalue weighted by Gasteiger charge is -2.00. The Morgan fingerprint density at radius 2 is 2.29 bits per heavy atom. The van der Waals surface area contributed by atoms with Gasteiger partial charge < -0.3 is 10.8 Å². The molecule has 0 unspecified atom stereocenters. The van der Waals surface area contributed by atoms with E-state index in [1.165, 1.54) is 10.9 Å². The van der Waals surface area contributed by atoms with E-state index in [4.69, 9.17) is 10.8 Å². The van der Waals surface area contributed by atoms with Crippen molar-refractivity contribution < 1.29 is 9.90 Å². The molecule has 0 spiro atoms. The maximum absolute atomic E-state index is 10.7. The number of carboxylic acid groups (broad SMARTS) is 1. The van der Waals surface area contributed by atoms with Gasteiger partial charge in [0.15, 0.2) is 5.69 Å². The van der Waals surface area contributed by atoms with Gasteiger partial charge in [-0.1, -0.05) is 6.07 Å². The number of rotatable bonds is 4. The Kier molecular flexibility index (Phi) is 3.04. The number of nitrogens with two attached hydrogens (primary N) is 1. The zero-order valence-corrected chi connectivity index (χ0v) is 9.08. The van der Waals surface area contributed by atoms with E-state index in [9.17, 15) is 4.79 Å². The van der Waals surface area contributed by atoms with Crippen LogP contribution in [-0.4, -0.2) is 25.8 Å². The molecular formula is C11H12N4O2. The highest BCUT2D eigenvalue weighted by Gasteiger charge is 2.12. The maximum Gasteiger partial charge on any atom is 0.358 e. The molecule has 0 fully saturated rings. The quantitative estimate of drug-likeness (QED) is 0.813. The Labute approximate surface area is 97.7 Å². The number of aryl methyl sites for hydroxylation is 2. The SMILES string of the molecule is Nc1cn(CCc2ccccn2)nc1C(=O)O. The molecule has 0 radical (unpaired) electrons. The summed E-state index contributed by atoms with van der Waals surface area (Å²) in [5, 5.41) is 12.7. The minimum Gasteiger partial charge on any atom is -0.476 e. The highest BCUT2D eigenvalue weighted by atomic mass is 16.4. The zero-order chi connectivity index (χ0) is 12.3. The summed E-state index contributed by atoms with van der Waals surface area (Å²) in [6, 6.07) is 5.66. The normalized spacial score (nSPS) is 10.4. The average molecular weight is 232 g/mol. The Morgan fingerprint density at radius 3 is 2.88 bits per heavy atom. The Morgan fingerprint density at radius 1 is 1.47 bits per heavy atom. The molecule has 0 bridgehead atoms. The van der Waals surface area contributed by atoms with E-state index < -0.39 is 5.97 Å². The average Bonchev–Trinajstić information content (AvgIpc) is 2.69. The first-order chi connectivity index (χ1) is 8.16. The highest BCUT2D eigenvalue weighted by Crippen LogP contribution is 2.09. The van der Waals surface area contributed by atoms with Crippen LogP contribution in [0, 0.1) is 0 Å². The van der Waals surface area contributed by atoms with Crippen molar-refractivity contribution in [3.8, 4) is 0 Å². The van der Waals surface area contributed by atoms with Crippen molar-refractivity contribution in [1.29, 1.82) is 0 Å². The number of hydrogen-bond donors (Lipinski definition) is 2. The maximum atomic E-state index is 10.7. The van der Waals surface area contributed by atoms with Crippen molar-refractivity contribution in [2.75, 3.05) is 5.73 Å². The number of aromatic nitrogens is 3. The number of nitrogens with zero attached hydrogens (tertiary/aromatic N) is 3. The fraction of sp³-hybridized carbons (Fsp3) is 0.182. The molecule has 2 aromatic rings. The summed E-state index contributed by atoms with van der Waals surface area (Å²) in [5.41, 5.74) is 6.53. The topological polar surface area (TPSA) is 94.0 Å². The lowest BCUT2D eigenvalue weighted by molar-refractivity contribution is 0.0690. The molecule has 2 heterocycles. The van der Waals surface area contributed by atoms with Crippen molar-refractivity contribution in [2.24, 2.45) is 0 Å². The van der Waals surface area contributed by atoms with Crippen LogP contribution in [0.3, 0.4) is 0 Å². The molecule has 88 valence electrons. The molecule has 0 atom stereocenters. The Bertz CT molecular complexity index is 522. The van der Waals surface area contributed by atoms with E-state index in [-0.39, 0.29) is 11.4 Å². The molecule has 0 saturated heterocycles. The van der Waals surface area contributed by atoms with Gasteiger partial charge in [-0.05, 0) is 12.1 Å². The molecule has 0 aromatic carbocycles. The van der Waals surface area contributed by atoms with Gasteiger partial charge in [-0.2, -0.15) is 5.10 Å². The molecule has 6 nitrogen and oxygen atoms in total. The standard InChI is InChI=1S/C11H12N4O2/c12-9-7-15(14-10(9)11(16)17)6-4-8-3-1-2-5-13-8/h1-3,5,7H,4,6,12H2,(H,16,17). The third kappa shape index (κ3) is 2.60. The second-order valence-electron chi connectivity index (χ2n) is 3.57. The lowest BCUT2D eigenvalue weighted by atomic mass is 10.3. The minimum absolute atomic E-state index is 0.106. The number of carboxylic acids is 1.